The van der Waals surface area contributed by atoms with E-state index in [4.69, 9.17) is 10.5 Å². The van der Waals surface area contributed by atoms with Gasteiger partial charge in [-0.25, -0.2) is 0 Å². The molecular weight excluding hydrogens is 1100 g/mol. The van der Waals surface area contributed by atoms with Crippen LogP contribution in [0.15, 0.2) is 170 Å². The van der Waals surface area contributed by atoms with E-state index in [1.807, 2.05) is 127 Å². The lowest BCUT2D eigenvalue weighted by molar-refractivity contribution is -0.135. The first-order valence-electron chi connectivity index (χ1n) is 29.8. The first-order valence-corrected chi connectivity index (χ1v) is 29.8. The Morgan fingerprint density at radius 3 is 1.86 bits per heavy atom. The molecule has 7 aromatic rings. The Morgan fingerprint density at radius 1 is 0.598 bits per heavy atom. The van der Waals surface area contributed by atoms with Gasteiger partial charge in [-0.15, -0.1) is 0 Å². The van der Waals surface area contributed by atoms with Crippen LogP contribution >= 0.6 is 0 Å². The van der Waals surface area contributed by atoms with Crippen LogP contribution in [0.1, 0.15) is 73.8 Å². The van der Waals surface area contributed by atoms with Crippen molar-refractivity contribution in [3.63, 3.8) is 0 Å². The van der Waals surface area contributed by atoms with Gasteiger partial charge in [0.2, 0.25) is 41.4 Å². The Hall–Kier alpha value is -9.17. The Morgan fingerprint density at radius 2 is 1.17 bits per heavy atom. The van der Waals surface area contributed by atoms with Gasteiger partial charge in [0.1, 0.15) is 48.6 Å². The van der Waals surface area contributed by atoms with E-state index in [1.54, 1.807) is 56.6 Å². The number of para-hydroxylation sites is 1. The molecule has 8 rings (SSSR count). The molecule has 9 atom stereocenters. The number of carbonyl (C=O) groups excluding carboxylic acids is 7. The lowest BCUT2D eigenvalue weighted by Gasteiger charge is -2.28. The Balaban J connectivity index is 1.20. The fourth-order valence-electron chi connectivity index (χ4n) is 10.5. The van der Waals surface area contributed by atoms with E-state index in [0.717, 1.165) is 32.8 Å². The molecule has 0 unspecified atom stereocenters. The third-order valence-electron chi connectivity index (χ3n) is 15.7. The SMILES string of the molecule is CN[C@H](Cc1ccccc1)C(=O)N[C@H]1C/C=C\C[C@H](C(=O)N[C@H](C)[C@@H](C)O)NC(=O)[C@H](Cc2ccc(OCc3ccccc3)cc2)NC(=O)[C@H](CCCCN)NC(=O)[C@@H](Cc2c[nH]c3ccccc23)NC(=O)[C@H](Cc2cccc3ccccc23)NC1=O. The van der Waals surface area contributed by atoms with Crippen molar-refractivity contribution in [3.8, 4) is 5.75 Å². The molecule has 0 bridgehead atoms. The minimum absolute atomic E-state index is 0.0413. The van der Waals surface area contributed by atoms with Crippen LogP contribution in [0, 0.1) is 0 Å². The molecule has 6 aromatic carbocycles. The lowest BCUT2D eigenvalue weighted by atomic mass is 9.97. The van der Waals surface area contributed by atoms with Gasteiger partial charge in [-0.3, -0.25) is 33.6 Å². The maximum Gasteiger partial charge on any atom is 0.243 e. The van der Waals surface area contributed by atoms with E-state index >= 15 is 14.4 Å². The van der Waals surface area contributed by atoms with Crippen molar-refractivity contribution in [1.29, 1.82) is 0 Å². The molecule has 19 nitrogen and oxygen atoms in total. The number of unbranched alkanes of at least 4 members (excludes halogenated alkanes) is 1. The number of aliphatic hydroxyl groups is 1. The molecule has 0 radical (unpaired) electrons. The molecule has 1 aliphatic heterocycles. The average molecular weight is 1180 g/mol. The smallest absolute Gasteiger partial charge is 0.243 e. The highest BCUT2D eigenvalue weighted by atomic mass is 16.5. The highest BCUT2D eigenvalue weighted by Gasteiger charge is 2.35. The first-order chi connectivity index (χ1) is 42.2. The van der Waals surface area contributed by atoms with Crippen molar-refractivity contribution in [1.82, 2.24) is 47.5 Å². The summed E-state index contributed by atoms with van der Waals surface area (Å²) < 4.78 is 6.05. The molecule has 0 spiro atoms. The lowest BCUT2D eigenvalue weighted by Crippen LogP contribution is -2.61. The van der Waals surface area contributed by atoms with Gasteiger partial charge >= 0.3 is 0 Å². The van der Waals surface area contributed by atoms with Crippen LogP contribution in [0.4, 0.5) is 0 Å². The molecule has 87 heavy (non-hydrogen) atoms. The minimum atomic E-state index is -1.35. The van der Waals surface area contributed by atoms with Crippen molar-refractivity contribution in [3.05, 3.63) is 198 Å². The monoisotopic (exact) mass is 1180 g/mol. The minimum Gasteiger partial charge on any atom is -0.489 e. The van der Waals surface area contributed by atoms with Gasteiger partial charge in [-0.2, -0.15) is 0 Å². The van der Waals surface area contributed by atoms with E-state index in [0.29, 0.717) is 48.4 Å². The predicted octanol–water partition coefficient (Wildman–Crippen LogP) is 5.03. The second-order valence-corrected chi connectivity index (χ2v) is 22.2. The Bertz CT molecular complexity index is 3460. The third-order valence-corrected chi connectivity index (χ3v) is 15.7. The fourth-order valence-corrected chi connectivity index (χ4v) is 10.5. The number of benzene rings is 6. The van der Waals surface area contributed by atoms with Gasteiger partial charge in [0.05, 0.1) is 18.2 Å². The third kappa shape index (κ3) is 18.4. The zero-order chi connectivity index (χ0) is 61.7. The number of nitrogens with two attached hydrogens (primary N) is 1. The van der Waals surface area contributed by atoms with Gasteiger partial charge < -0.3 is 63.1 Å². The number of amides is 7. The normalized spacial score (nSPS) is 20.5. The number of carbonyl (C=O) groups is 7. The second-order valence-electron chi connectivity index (χ2n) is 22.2. The van der Waals surface area contributed by atoms with Crippen molar-refractivity contribution in [2.24, 2.45) is 5.73 Å². The Kier molecular flexibility index (Phi) is 23.4. The zero-order valence-corrected chi connectivity index (χ0v) is 49.4. The van der Waals surface area contributed by atoms with Gasteiger partial charge in [0.25, 0.3) is 0 Å². The molecule has 2 heterocycles. The van der Waals surface area contributed by atoms with Crippen molar-refractivity contribution in [2.75, 3.05) is 13.6 Å². The molecule has 7 amide bonds. The standard InChI is InChI=1S/C68H80N10O9/c1-43(44(2)79)72-62(80)55-29-14-15-30-56(73-65(83)58(70-3)37-45-19-6-4-7-20-45)64(82)77-60(39-49-25-18-24-48-23-10-11-26-52(48)49)68(86)78-61(40-50-41-71-54-28-13-12-27-53(50)54)67(85)75-57(31-16-17-36-69)63(81)76-59(66(84)74-55)38-46-32-34-51(35-33-46)87-42-47-21-8-5-9-22-47/h4-15,18-28,32-35,41,43-44,55-61,70-71,79H,16-17,29-31,36-40,42,69H2,1-3H3,(H,72,80)(H,73,83)(H,74,84)(H,75,85)(H,76,81)(H,77,82)(H,78,86)/b15-14-/t43-,44-,55-,56+,57+,58-,59+,60+,61-/m1/s1. The number of nitrogens with one attached hydrogen (secondary N) is 9. The predicted molar refractivity (Wildman–Crippen MR) is 336 cm³/mol. The maximum absolute atomic E-state index is 15.3. The van der Waals surface area contributed by atoms with Crippen LogP contribution in [0.5, 0.6) is 5.75 Å². The summed E-state index contributed by atoms with van der Waals surface area (Å²) >= 11 is 0. The summed E-state index contributed by atoms with van der Waals surface area (Å²) in [6.45, 7) is 3.74. The molecule has 0 fully saturated rings. The molecule has 12 N–H and O–H groups in total. The van der Waals surface area contributed by atoms with Crippen molar-refractivity contribution in [2.45, 2.75) is 133 Å². The number of H-pyrrole nitrogens is 1. The molecule has 1 aromatic heterocycles. The number of ether oxygens (including phenoxy) is 1. The van der Waals surface area contributed by atoms with Crippen molar-refractivity contribution >= 4 is 63.0 Å². The number of hydrogen-bond acceptors (Lipinski definition) is 11. The van der Waals surface area contributed by atoms with Crippen molar-refractivity contribution < 1.29 is 43.4 Å². The molecule has 0 aliphatic carbocycles. The number of fused-ring (bicyclic) bond motifs is 2. The summed E-state index contributed by atoms with van der Waals surface area (Å²) in [4.78, 5) is 107. The average Bonchev–Trinajstić information content (AvgIpc) is 4.17. The van der Waals surface area contributed by atoms with Gasteiger partial charge in [-0.1, -0.05) is 146 Å². The van der Waals surface area contributed by atoms with Crippen LogP contribution < -0.4 is 53.0 Å². The molecule has 19 heteroatoms. The maximum atomic E-state index is 15.3. The van der Waals surface area contributed by atoms with Crippen LogP contribution in [0.3, 0.4) is 0 Å². The number of aromatic nitrogens is 1. The number of aromatic amines is 1. The largest absolute Gasteiger partial charge is 0.489 e. The highest BCUT2D eigenvalue weighted by molar-refractivity contribution is 5.98. The number of aliphatic hydroxyl groups excluding tert-OH is 1. The molecular formula is C68H80N10O9. The number of hydrogen-bond donors (Lipinski definition) is 11. The molecule has 0 saturated carbocycles. The summed E-state index contributed by atoms with van der Waals surface area (Å²) in [7, 11) is 1.64. The zero-order valence-electron chi connectivity index (χ0n) is 49.4. The Labute approximate surface area is 507 Å². The first kappa shape index (κ1) is 63.8. The highest BCUT2D eigenvalue weighted by Crippen LogP contribution is 2.23. The fraction of sp³-hybridized carbons (Fsp3) is 0.338. The topological polar surface area (TPSA) is 287 Å². The van der Waals surface area contributed by atoms with E-state index in [1.165, 1.54) is 6.92 Å². The second kappa shape index (κ2) is 31.8. The van der Waals surface area contributed by atoms with Gasteiger partial charge in [0.15, 0.2) is 0 Å². The number of rotatable bonds is 21. The van der Waals surface area contributed by atoms with E-state index < -0.39 is 95.8 Å². The summed E-state index contributed by atoms with van der Waals surface area (Å²) in [6.07, 6.45) is 4.79. The molecule has 456 valence electrons. The summed E-state index contributed by atoms with van der Waals surface area (Å²) in [5.74, 6) is -4.21. The number of likely N-dealkylation sites (N-methyl/N-ethyl adjacent to an activating group) is 1. The van der Waals surface area contributed by atoms with Crippen LogP contribution in [0.2, 0.25) is 0 Å². The van der Waals surface area contributed by atoms with Crippen LogP contribution in [0.25, 0.3) is 21.7 Å². The van der Waals surface area contributed by atoms with E-state index in [-0.39, 0.29) is 44.9 Å². The van der Waals surface area contributed by atoms with Gasteiger partial charge in [0, 0.05) is 36.4 Å². The van der Waals surface area contributed by atoms with E-state index in [9.17, 15) is 24.3 Å². The summed E-state index contributed by atoms with van der Waals surface area (Å²) in [5, 5.41) is 36.4. The molecule has 1 aliphatic rings. The van der Waals surface area contributed by atoms with Gasteiger partial charge in [-0.05, 0) is 123 Å². The van der Waals surface area contributed by atoms with Crippen LogP contribution in [-0.2, 0) is 65.9 Å². The van der Waals surface area contributed by atoms with Crippen LogP contribution in [-0.4, -0.2) is 119 Å². The van der Waals surface area contributed by atoms with E-state index in [2.05, 4.69) is 47.5 Å². The summed E-state index contributed by atoms with van der Waals surface area (Å²) in [5.41, 5.74) is 10.6. The quantitative estimate of drug-likeness (QED) is 0.0335. The molecule has 0 saturated heterocycles. The summed E-state index contributed by atoms with van der Waals surface area (Å²) in [6, 6.07) is 37.5.